The number of aromatic amines is 1. The molecule has 5 heteroatoms. The number of hydrogen-bond donors (Lipinski definition) is 1. The first-order chi connectivity index (χ1) is 11.3. The molecule has 1 aromatic carbocycles. The van der Waals surface area contributed by atoms with Gasteiger partial charge < -0.3 is 19.4 Å². The lowest BCUT2D eigenvalue weighted by Crippen LogP contribution is -2.45. The molecule has 2 saturated heterocycles. The number of carbonyl (C=O) groups is 1. The van der Waals surface area contributed by atoms with E-state index in [2.05, 4.69) is 4.98 Å². The smallest absolute Gasteiger partial charge is 0.254 e. The van der Waals surface area contributed by atoms with Gasteiger partial charge in [-0.1, -0.05) is 0 Å². The lowest BCUT2D eigenvalue weighted by atomic mass is 9.99. The van der Waals surface area contributed by atoms with E-state index in [1.54, 1.807) is 7.11 Å². The van der Waals surface area contributed by atoms with Gasteiger partial charge in [0.15, 0.2) is 0 Å². The summed E-state index contributed by atoms with van der Waals surface area (Å²) < 4.78 is 11.3. The van der Waals surface area contributed by atoms with E-state index in [4.69, 9.17) is 9.47 Å². The van der Waals surface area contributed by atoms with Crippen molar-refractivity contribution in [3.63, 3.8) is 0 Å². The van der Waals surface area contributed by atoms with Crippen LogP contribution in [0, 0.1) is 0 Å². The van der Waals surface area contributed by atoms with Crippen molar-refractivity contribution in [2.45, 2.75) is 37.5 Å². The molecule has 0 unspecified atom stereocenters. The molecule has 0 saturated carbocycles. The number of fused-ring (bicyclic) bond motifs is 2. The highest BCUT2D eigenvalue weighted by Crippen LogP contribution is 2.32. The second-order valence-electron chi connectivity index (χ2n) is 6.46. The Morgan fingerprint density at radius 3 is 3.13 bits per heavy atom. The van der Waals surface area contributed by atoms with Gasteiger partial charge in [-0.25, -0.2) is 0 Å². The predicted octanol–water partition coefficient (Wildman–Crippen LogP) is 2.58. The molecule has 1 amide bonds. The minimum Gasteiger partial charge on any atom is -0.382 e. The van der Waals surface area contributed by atoms with Crippen LogP contribution in [-0.2, 0) is 9.47 Å². The number of hydrogen-bond acceptors (Lipinski definition) is 3. The molecule has 122 valence electrons. The van der Waals surface area contributed by atoms with Crippen molar-refractivity contribution in [2.75, 3.05) is 20.3 Å². The van der Waals surface area contributed by atoms with Crippen LogP contribution in [0.25, 0.3) is 10.9 Å². The van der Waals surface area contributed by atoms with E-state index in [1.807, 2.05) is 35.4 Å². The minimum absolute atomic E-state index is 0.120. The highest BCUT2D eigenvalue weighted by atomic mass is 16.5. The maximum Gasteiger partial charge on any atom is 0.254 e. The Morgan fingerprint density at radius 2 is 2.26 bits per heavy atom. The van der Waals surface area contributed by atoms with Crippen molar-refractivity contribution in [1.29, 1.82) is 0 Å². The SMILES string of the molecule is COC[C@@H]1CC[C@@H]2[C@@H](CCN2C(=O)c2ccc3[nH]ccc3c2)O1. The van der Waals surface area contributed by atoms with Crippen LogP contribution in [0.5, 0.6) is 0 Å². The number of ether oxygens (including phenoxy) is 2. The quantitative estimate of drug-likeness (QED) is 0.947. The zero-order valence-corrected chi connectivity index (χ0v) is 13.3. The number of H-pyrrole nitrogens is 1. The first-order valence-electron chi connectivity index (χ1n) is 8.29. The maximum atomic E-state index is 12.9. The van der Waals surface area contributed by atoms with Crippen LogP contribution in [0.1, 0.15) is 29.6 Å². The summed E-state index contributed by atoms with van der Waals surface area (Å²) in [4.78, 5) is 18.1. The summed E-state index contributed by atoms with van der Waals surface area (Å²) in [5.74, 6) is 0.120. The van der Waals surface area contributed by atoms with Gasteiger partial charge in [-0.3, -0.25) is 4.79 Å². The van der Waals surface area contributed by atoms with Crippen LogP contribution in [-0.4, -0.2) is 54.3 Å². The summed E-state index contributed by atoms with van der Waals surface area (Å²) in [5, 5.41) is 1.08. The monoisotopic (exact) mass is 314 g/mol. The van der Waals surface area contributed by atoms with Crippen molar-refractivity contribution in [2.24, 2.45) is 0 Å². The number of nitrogens with zero attached hydrogens (tertiary/aromatic N) is 1. The molecule has 2 aromatic rings. The van der Waals surface area contributed by atoms with Gasteiger partial charge in [0.25, 0.3) is 5.91 Å². The lowest BCUT2D eigenvalue weighted by Gasteiger charge is -2.35. The second-order valence-corrected chi connectivity index (χ2v) is 6.46. The number of carbonyl (C=O) groups excluding carboxylic acids is 1. The molecule has 2 fully saturated rings. The average molecular weight is 314 g/mol. The highest BCUT2D eigenvalue weighted by Gasteiger charge is 2.42. The molecule has 0 radical (unpaired) electrons. The Morgan fingerprint density at radius 1 is 1.35 bits per heavy atom. The van der Waals surface area contributed by atoms with Crippen LogP contribution in [0.3, 0.4) is 0 Å². The number of likely N-dealkylation sites (tertiary alicyclic amines) is 1. The van der Waals surface area contributed by atoms with Gasteiger partial charge in [-0.05, 0) is 43.5 Å². The normalized spacial score (nSPS) is 27.3. The molecule has 2 aliphatic heterocycles. The summed E-state index contributed by atoms with van der Waals surface area (Å²) in [7, 11) is 1.71. The van der Waals surface area contributed by atoms with Gasteiger partial charge >= 0.3 is 0 Å². The molecule has 23 heavy (non-hydrogen) atoms. The number of amides is 1. The van der Waals surface area contributed by atoms with E-state index in [-0.39, 0.29) is 24.2 Å². The van der Waals surface area contributed by atoms with Gasteiger partial charge in [0, 0.05) is 36.3 Å². The molecule has 2 aliphatic rings. The molecule has 1 N–H and O–H groups in total. The third kappa shape index (κ3) is 2.64. The number of methoxy groups -OCH3 is 1. The van der Waals surface area contributed by atoms with Gasteiger partial charge in [-0.15, -0.1) is 0 Å². The molecular weight excluding hydrogens is 292 g/mol. The first kappa shape index (κ1) is 14.7. The van der Waals surface area contributed by atoms with Gasteiger partial charge in [-0.2, -0.15) is 0 Å². The topological polar surface area (TPSA) is 54.6 Å². The first-order valence-corrected chi connectivity index (χ1v) is 8.29. The summed E-state index contributed by atoms with van der Waals surface area (Å²) in [6, 6.07) is 8.06. The van der Waals surface area contributed by atoms with Crippen molar-refractivity contribution in [1.82, 2.24) is 9.88 Å². The van der Waals surface area contributed by atoms with Crippen molar-refractivity contribution >= 4 is 16.8 Å². The molecule has 5 nitrogen and oxygen atoms in total. The molecule has 1 aromatic heterocycles. The second kappa shape index (κ2) is 5.98. The summed E-state index contributed by atoms with van der Waals surface area (Å²) >= 11 is 0. The maximum absolute atomic E-state index is 12.9. The van der Waals surface area contributed by atoms with E-state index >= 15 is 0 Å². The fourth-order valence-corrected chi connectivity index (χ4v) is 3.91. The third-order valence-corrected chi connectivity index (χ3v) is 5.05. The van der Waals surface area contributed by atoms with Gasteiger partial charge in [0.2, 0.25) is 0 Å². The van der Waals surface area contributed by atoms with Crippen molar-refractivity contribution in [3.8, 4) is 0 Å². The lowest BCUT2D eigenvalue weighted by molar-refractivity contribution is -0.0902. The van der Waals surface area contributed by atoms with Crippen LogP contribution >= 0.6 is 0 Å². The number of benzene rings is 1. The Labute approximate surface area is 135 Å². The van der Waals surface area contributed by atoms with Crippen LogP contribution in [0.15, 0.2) is 30.5 Å². The zero-order valence-electron chi connectivity index (χ0n) is 13.3. The number of rotatable bonds is 3. The van der Waals surface area contributed by atoms with E-state index in [0.717, 1.165) is 42.3 Å². The van der Waals surface area contributed by atoms with E-state index < -0.39 is 0 Å². The molecule has 0 bridgehead atoms. The molecular formula is C18H22N2O3. The molecule has 4 rings (SSSR count). The third-order valence-electron chi connectivity index (χ3n) is 5.05. The standard InChI is InChI=1S/C18H22N2O3/c1-22-11-14-3-5-16-17(23-14)7-9-20(16)18(21)13-2-4-15-12(10-13)6-8-19-15/h2,4,6,8,10,14,16-17,19H,3,5,7,9,11H2,1H3/t14-,16+,17+/m0/s1. The molecule has 3 heterocycles. The van der Waals surface area contributed by atoms with Crippen LogP contribution in [0.2, 0.25) is 0 Å². The van der Waals surface area contributed by atoms with Crippen LogP contribution in [0.4, 0.5) is 0 Å². The highest BCUT2D eigenvalue weighted by molar-refractivity contribution is 5.98. The van der Waals surface area contributed by atoms with Crippen LogP contribution < -0.4 is 0 Å². The fraction of sp³-hybridized carbons (Fsp3) is 0.500. The fourth-order valence-electron chi connectivity index (χ4n) is 3.91. The molecule has 0 spiro atoms. The Bertz CT molecular complexity index is 711. The average Bonchev–Trinajstić information content (AvgIpc) is 3.20. The summed E-state index contributed by atoms with van der Waals surface area (Å²) in [5.41, 5.74) is 1.82. The number of nitrogens with one attached hydrogen (secondary N) is 1. The summed E-state index contributed by atoms with van der Waals surface area (Å²) in [6.45, 7) is 1.42. The zero-order chi connectivity index (χ0) is 15.8. The van der Waals surface area contributed by atoms with E-state index in [1.165, 1.54) is 0 Å². The minimum atomic E-state index is 0.120. The van der Waals surface area contributed by atoms with Crippen molar-refractivity contribution < 1.29 is 14.3 Å². The Kier molecular flexibility index (Phi) is 3.83. The Hall–Kier alpha value is -1.85. The summed E-state index contributed by atoms with van der Waals surface area (Å²) in [6.07, 6.45) is 5.10. The molecule has 3 atom stereocenters. The largest absolute Gasteiger partial charge is 0.382 e. The van der Waals surface area contributed by atoms with Gasteiger partial charge in [0.05, 0.1) is 24.9 Å². The number of aromatic nitrogens is 1. The van der Waals surface area contributed by atoms with Gasteiger partial charge in [0.1, 0.15) is 0 Å². The van der Waals surface area contributed by atoms with E-state index in [9.17, 15) is 4.79 Å². The predicted molar refractivity (Wildman–Crippen MR) is 87.5 cm³/mol. The molecule has 0 aliphatic carbocycles. The van der Waals surface area contributed by atoms with Crippen molar-refractivity contribution in [3.05, 3.63) is 36.0 Å². The Balaban J connectivity index is 1.51. The van der Waals surface area contributed by atoms with E-state index in [0.29, 0.717) is 6.61 Å².